The zero-order valence-corrected chi connectivity index (χ0v) is 16.8. The number of ether oxygens (including phenoxy) is 1. The molecule has 0 saturated carbocycles. The Hall–Kier alpha value is -2.94. The number of benzene rings is 1. The molecule has 29 heavy (non-hydrogen) atoms. The summed E-state index contributed by atoms with van der Waals surface area (Å²) in [6.07, 6.45) is 3.58. The van der Waals surface area contributed by atoms with E-state index in [4.69, 9.17) is 15.5 Å². The number of nitrogens with one attached hydrogen (secondary N) is 1. The third-order valence-electron chi connectivity index (χ3n) is 5.20. The maximum Gasteiger partial charge on any atom is 0.250 e. The van der Waals surface area contributed by atoms with Crippen molar-refractivity contribution in [1.29, 1.82) is 0 Å². The Bertz CT molecular complexity index is 806. The van der Waals surface area contributed by atoms with E-state index in [2.05, 4.69) is 30.3 Å². The van der Waals surface area contributed by atoms with E-state index in [1.165, 1.54) is 6.42 Å². The Balaban J connectivity index is 1.58. The second kappa shape index (κ2) is 9.04. The molecule has 0 atom stereocenters. The molecule has 0 unspecified atom stereocenters. The molecule has 2 saturated heterocycles. The lowest BCUT2D eigenvalue weighted by atomic mass is 10.1. The Morgan fingerprint density at radius 2 is 1.55 bits per heavy atom. The van der Waals surface area contributed by atoms with Gasteiger partial charge in [-0.2, -0.15) is 20.1 Å². The summed E-state index contributed by atoms with van der Waals surface area (Å²) in [5.41, 5.74) is 11.3. The smallest absolute Gasteiger partial charge is 0.250 e. The lowest BCUT2D eigenvalue weighted by Crippen LogP contribution is -2.38. The number of hydrogen-bond donors (Lipinski definition) is 2. The highest BCUT2D eigenvalue weighted by atomic mass is 16.5. The van der Waals surface area contributed by atoms with E-state index in [1.807, 2.05) is 31.2 Å². The predicted octanol–water partition coefficient (Wildman–Crippen LogP) is 2.12. The molecule has 9 heteroatoms. The van der Waals surface area contributed by atoms with Gasteiger partial charge in [0.1, 0.15) is 0 Å². The van der Waals surface area contributed by atoms with Crippen molar-refractivity contribution >= 4 is 29.2 Å². The van der Waals surface area contributed by atoms with E-state index in [0.29, 0.717) is 31.1 Å². The Labute approximate surface area is 171 Å². The largest absolute Gasteiger partial charge is 0.399 e. The molecule has 1 aromatic heterocycles. The fraction of sp³-hybridized carbons (Fsp3) is 0.500. The molecule has 3 N–H and O–H groups in total. The highest BCUT2D eigenvalue weighted by Gasteiger charge is 2.20. The first-order valence-corrected chi connectivity index (χ1v) is 10.2. The van der Waals surface area contributed by atoms with Gasteiger partial charge in [0, 0.05) is 31.9 Å². The molecule has 2 aliphatic rings. The van der Waals surface area contributed by atoms with Crippen molar-refractivity contribution in [1.82, 2.24) is 15.0 Å². The van der Waals surface area contributed by atoms with Crippen LogP contribution in [0.1, 0.15) is 31.7 Å². The van der Waals surface area contributed by atoms with Gasteiger partial charge in [0.05, 0.1) is 18.9 Å². The quantitative estimate of drug-likeness (QED) is 0.450. The number of piperidine rings is 1. The summed E-state index contributed by atoms with van der Waals surface area (Å²) in [7, 11) is 0. The topological polar surface area (TPSA) is 105 Å². The molecule has 2 aromatic rings. The molecule has 2 aliphatic heterocycles. The minimum Gasteiger partial charge on any atom is -0.399 e. The van der Waals surface area contributed by atoms with E-state index in [-0.39, 0.29) is 0 Å². The highest BCUT2D eigenvalue weighted by molar-refractivity contribution is 5.99. The first-order chi connectivity index (χ1) is 14.2. The average molecular weight is 396 g/mol. The molecule has 0 aliphatic carbocycles. The van der Waals surface area contributed by atoms with Crippen LogP contribution < -0.4 is 21.0 Å². The number of nitrogens with zero attached hydrogens (tertiary/aromatic N) is 6. The zero-order valence-electron chi connectivity index (χ0n) is 16.8. The molecule has 0 amide bonds. The van der Waals surface area contributed by atoms with Gasteiger partial charge in [-0.3, -0.25) is 0 Å². The molecule has 0 radical (unpaired) electrons. The van der Waals surface area contributed by atoms with Crippen LogP contribution in [0.5, 0.6) is 0 Å². The first-order valence-electron chi connectivity index (χ1n) is 10.2. The van der Waals surface area contributed by atoms with E-state index >= 15 is 0 Å². The van der Waals surface area contributed by atoms with Gasteiger partial charge in [0.25, 0.3) is 0 Å². The normalized spacial score (nSPS) is 18.0. The Kier molecular flexibility index (Phi) is 6.04. The Morgan fingerprint density at radius 3 is 2.21 bits per heavy atom. The third kappa shape index (κ3) is 4.92. The molecule has 3 heterocycles. The number of nitrogen functional groups attached to an aromatic ring is 1. The van der Waals surface area contributed by atoms with Crippen molar-refractivity contribution in [2.75, 3.05) is 60.4 Å². The SMILES string of the molecule is C/C(=N/Nc1nc(N2CCCCC2)nc(N2CCOCC2)n1)c1ccc(N)cc1. The second-order valence-electron chi connectivity index (χ2n) is 7.34. The van der Waals surface area contributed by atoms with Crippen LogP contribution in [0, 0.1) is 0 Å². The van der Waals surface area contributed by atoms with E-state index in [1.54, 1.807) is 0 Å². The van der Waals surface area contributed by atoms with Crippen LogP contribution in [-0.2, 0) is 4.74 Å². The second-order valence-corrected chi connectivity index (χ2v) is 7.34. The molecule has 0 bridgehead atoms. The number of anilines is 4. The van der Waals surface area contributed by atoms with Crippen LogP contribution in [0.3, 0.4) is 0 Å². The number of morpholine rings is 1. The fourth-order valence-corrected chi connectivity index (χ4v) is 3.47. The minimum absolute atomic E-state index is 0.455. The maximum absolute atomic E-state index is 5.77. The molecule has 154 valence electrons. The van der Waals surface area contributed by atoms with Gasteiger partial charge in [-0.05, 0) is 43.9 Å². The monoisotopic (exact) mass is 396 g/mol. The molecule has 2 fully saturated rings. The van der Waals surface area contributed by atoms with Gasteiger partial charge in [-0.1, -0.05) is 12.1 Å². The van der Waals surface area contributed by atoms with Gasteiger partial charge in [0.15, 0.2) is 0 Å². The lowest BCUT2D eigenvalue weighted by Gasteiger charge is -2.30. The number of rotatable bonds is 5. The van der Waals surface area contributed by atoms with Crippen molar-refractivity contribution in [2.45, 2.75) is 26.2 Å². The predicted molar refractivity (Wildman–Crippen MR) is 116 cm³/mol. The van der Waals surface area contributed by atoms with Gasteiger partial charge >= 0.3 is 0 Å². The summed E-state index contributed by atoms with van der Waals surface area (Å²) in [5.74, 6) is 1.84. The molecule has 9 nitrogen and oxygen atoms in total. The Morgan fingerprint density at radius 1 is 0.931 bits per heavy atom. The maximum atomic E-state index is 5.77. The van der Waals surface area contributed by atoms with Crippen LogP contribution in [0.4, 0.5) is 23.5 Å². The van der Waals surface area contributed by atoms with Crippen LogP contribution in [0.25, 0.3) is 0 Å². The lowest BCUT2D eigenvalue weighted by molar-refractivity contribution is 0.122. The summed E-state index contributed by atoms with van der Waals surface area (Å²) < 4.78 is 5.46. The summed E-state index contributed by atoms with van der Waals surface area (Å²) >= 11 is 0. The number of aromatic nitrogens is 3. The van der Waals surface area contributed by atoms with Crippen LogP contribution in [-0.4, -0.2) is 60.1 Å². The first kappa shape index (κ1) is 19.4. The van der Waals surface area contributed by atoms with Crippen molar-refractivity contribution < 1.29 is 4.74 Å². The molecule has 1 aromatic carbocycles. The minimum atomic E-state index is 0.455. The summed E-state index contributed by atoms with van der Waals surface area (Å²) in [5, 5.41) is 4.48. The van der Waals surface area contributed by atoms with Crippen molar-refractivity contribution in [2.24, 2.45) is 5.10 Å². The number of hydrazone groups is 1. The van der Waals surface area contributed by atoms with E-state index in [0.717, 1.165) is 56.0 Å². The fourth-order valence-electron chi connectivity index (χ4n) is 3.47. The van der Waals surface area contributed by atoms with Crippen LogP contribution in [0.2, 0.25) is 0 Å². The molecular weight excluding hydrogens is 368 g/mol. The zero-order chi connectivity index (χ0) is 20.1. The standard InChI is InChI=1S/C20H28N8O/c1-15(16-5-7-17(21)8-6-16)25-26-18-22-19(27-9-3-2-4-10-27)24-20(23-18)28-11-13-29-14-12-28/h5-8H,2-4,9-14,21H2,1H3,(H,22,23,24,26)/b25-15-. The van der Waals surface area contributed by atoms with Crippen molar-refractivity contribution in [3.8, 4) is 0 Å². The summed E-state index contributed by atoms with van der Waals surface area (Å²) in [4.78, 5) is 18.4. The van der Waals surface area contributed by atoms with Crippen molar-refractivity contribution in [3.63, 3.8) is 0 Å². The van der Waals surface area contributed by atoms with Gasteiger partial charge in [0.2, 0.25) is 17.8 Å². The molecule has 0 spiro atoms. The van der Waals surface area contributed by atoms with E-state index < -0.39 is 0 Å². The van der Waals surface area contributed by atoms with Gasteiger partial charge < -0.3 is 20.3 Å². The third-order valence-corrected chi connectivity index (χ3v) is 5.20. The molecule has 4 rings (SSSR count). The molecular formula is C20H28N8O. The van der Waals surface area contributed by atoms with Gasteiger partial charge in [-0.15, -0.1) is 0 Å². The highest BCUT2D eigenvalue weighted by Crippen LogP contribution is 2.21. The van der Waals surface area contributed by atoms with Crippen LogP contribution >= 0.6 is 0 Å². The number of nitrogens with two attached hydrogens (primary N) is 1. The van der Waals surface area contributed by atoms with E-state index in [9.17, 15) is 0 Å². The van der Waals surface area contributed by atoms with Crippen LogP contribution in [0.15, 0.2) is 29.4 Å². The van der Waals surface area contributed by atoms with Gasteiger partial charge in [-0.25, -0.2) is 5.43 Å². The average Bonchev–Trinajstić information content (AvgIpc) is 2.79. The number of hydrogen-bond acceptors (Lipinski definition) is 9. The summed E-state index contributed by atoms with van der Waals surface area (Å²) in [6.45, 7) is 6.80. The summed E-state index contributed by atoms with van der Waals surface area (Å²) in [6, 6.07) is 7.62. The van der Waals surface area contributed by atoms with Crippen molar-refractivity contribution in [3.05, 3.63) is 29.8 Å².